The number of carbonyl (C=O) groups is 2. The van der Waals surface area contributed by atoms with Crippen LogP contribution in [0, 0.1) is 11.8 Å². The lowest BCUT2D eigenvalue weighted by Gasteiger charge is -2.38. The molecule has 7 heteroatoms. The van der Waals surface area contributed by atoms with Gasteiger partial charge in [-0.15, -0.1) is 0 Å². The average molecular weight is 934 g/mol. The number of hydrogen-bond donors (Lipinski definition) is 1. The van der Waals surface area contributed by atoms with Gasteiger partial charge in [-0.2, -0.15) is 0 Å². The fraction of sp³-hybridized carbons (Fsp3) is 0.966. The predicted molar refractivity (Wildman–Crippen MR) is 284 cm³/mol. The third kappa shape index (κ3) is 37.7. The number of ether oxygens (including phenoxy) is 2. The smallest absolute Gasteiger partial charge is 0.305 e. The molecule has 7 nitrogen and oxygen atoms in total. The van der Waals surface area contributed by atoms with Crippen LogP contribution in [0.3, 0.4) is 0 Å². The van der Waals surface area contributed by atoms with Crippen molar-refractivity contribution in [3.8, 4) is 0 Å². The van der Waals surface area contributed by atoms with Crippen molar-refractivity contribution in [2.24, 2.45) is 11.8 Å². The molecule has 1 aliphatic carbocycles. The van der Waals surface area contributed by atoms with Gasteiger partial charge in [0.2, 0.25) is 0 Å². The first-order valence-corrected chi connectivity index (χ1v) is 29.8. The van der Waals surface area contributed by atoms with Gasteiger partial charge in [0.15, 0.2) is 0 Å². The van der Waals surface area contributed by atoms with E-state index in [4.69, 9.17) is 9.47 Å². The highest BCUT2D eigenvalue weighted by Crippen LogP contribution is 2.25. The van der Waals surface area contributed by atoms with Crippen molar-refractivity contribution < 1.29 is 24.2 Å². The second-order valence-electron chi connectivity index (χ2n) is 21.2. The van der Waals surface area contributed by atoms with Crippen LogP contribution < -0.4 is 0 Å². The van der Waals surface area contributed by atoms with E-state index in [1.54, 1.807) is 0 Å². The lowest BCUT2D eigenvalue weighted by molar-refractivity contribution is -0.146. The number of hydrogen-bond acceptors (Lipinski definition) is 7. The second kappa shape index (κ2) is 47.5. The number of carbonyl (C=O) groups excluding carboxylic acids is 2. The van der Waals surface area contributed by atoms with Crippen molar-refractivity contribution in [1.82, 2.24) is 9.80 Å². The van der Waals surface area contributed by atoms with Crippen LogP contribution in [0.1, 0.15) is 298 Å². The van der Waals surface area contributed by atoms with Gasteiger partial charge in [0, 0.05) is 32.0 Å². The predicted octanol–water partition coefficient (Wildman–Crippen LogP) is 16.7. The van der Waals surface area contributed by atoms with Crippen LogP contribution in [-0.4, -0.2) is 84.9 Å². The van der Waals surface area contributed by atoms with Gasteiger partial charge in [-0.3, -0.25) is 14.5 Å². The summed E-state index contributed by atoms with van der Waals surface area (Å²) in [5.41, 5.74) is 0. The van der Waals surface area contributed by atoms with E-state index in [2.05, 4.69) is 44.4 Å². The van der Waals surface area contributed by atoms with Gasteiger partial charge in [0.05, 0.1) is 19.3 Å². The highest BCUT2D eigenvalue weighted by atomic mass is 16.5. The van der Waals surface area contributed by atoms with Crippen LogP contribution >= 0.6 is 0 Å². The van der Waals surface area contributed by atoms with Crippen molar-refractivity contribution in [3.63, 3.8) is 0 Å². The largest absolute Gasteiger partial charge is 0.465 e. The Morgan fingerprint density at radius 3 is 1.17 bits per heavy atom. The molecule has 66 heavy (non-hydrogen) atoms. The van der Waals surface area contributed by atoms with Gasteiger partial charge >= 0.3 is 11.9 Å². The zero-order chi connectivity index (χ0) is 48.0. The SMILES string of the molecule is CCCCCCCCC(CCCCCCCC)COC(=O)CCCCCN(CCCCCC(=O)OCC(CCCCCCCC)CCCCCCCC)CCN(CCC)C1CCCCC1O. The van der Waals surface area contributed by atoms with Crippen LogP contribution in [0.4, 0.5) is 0 Å². The summed E-state index contributed by atoms with van der Waals surface area (Å²) in [6.45, 7) is 17.7. The molecule has 1 N–H and O–H groups in total. The Morgan fingerprint density at radius 1 is 0.424 bits per heavy atom. The third-order valence-corrected chi connectivity index (χ3v) is 14.9. The van der Waals surface area contributed by atoms with Crippen molar-refractivity contribution in [3.05, 3.63) is 0 Å². The topological polar surface area (TPSA) is 79.3 Å². The molecule has 0 heterocycles. The van der Waals surface area contributed by atoms with Crippen LogP contribution in [0.2, 0.25) is 0 Å². The van der Waals surface area contributed by atoms with Crippen molar-refractivity contribution in [2.45, 2.75) is 310 Å². The molecular formula is C59H116N2O5. The summed E-state index contributed by atoms with van der Waals surface area (Å²) in [4.78, 5) is 31.1. The number of aliphatic hydroxyl groups is 1. The summed E-state index contributed by atoms with van der Waals surface area (Å²) in [6, 6.07) is 0.282. The molecule has 2 atom stereocenters. The molecule has 1 aliphatic rings. The second-order valence-corrected chi connectivity index (χ2v) is 21.2. The lowest BCUT2D eigenvalue weighted by atomic mass is 9.91. The lowest BCUT2D eigenvalue weighted by Crippen LogP contribution is -2.48. The number of esters is 2. The zero-order valence-corrected chi connectivity index (χ0v) is 45.2. The first kappa shape index (κ1) is 62.8. The van der Waals surface area contributed by atoms with Crippen LogP contribution in [0.15, 0.2) is 0 Å². The minimum atomic E-state index is -0.207. The standard InChI is InChI=1S/C59H116N2O5/c1-6-11-15-19-23-29-39-54(40-30-24-20-16-12-7-2)52-65-58(63)45-33-27-37-48-60(50-51-61(47-10-5)56-43-35-36-44-57(56)62)49-38-28-34-46-59(64)66-53-55(41-31-25-21-17-13-8-3)42-32-26-22-18-14-9-4/h54-57,62H,6-53H2,1-5H3. The number of rotatable bonds is 50. The molecule has 1 saturated carbocycles. The number of nitrogens with zero attached hydrogens (tertiary/aromatic N) is 2. The van der Waals surface area contributed by atoms with Crippen LogP contribution in [-0.2, 0) is 19.1 Å². The fourth-order valence-corrected chi connectivity index (χ4v) is 10.5. The Hall–Kier alpha value is -1.18. The maximum Gasteiger partial charge on any atom is 0.305 e. The molecule has 0 bridgehead atoms. The maximum atomic E-state index is 13.0. The van der Waals surface area contributed by atoms with Gasteiger partial charge < -0.3 is 19.5 Å². The zero-order valence-electron chi connectivity index (χ0n) is 45.2. The van der Waals surface area contributed by atoms with E-state index < -0.39 is 0 Å². The van der Waals surface area contributed by atoms with E-state index in [1.165, 1.54) is 186 Å². The molecule has 1 fully saturated rings. The third-order valence-electron chi connectivity index (χ3n) is 14.9. The molecule has 0 aromatic heterocycles. The van der Waals surface area contributed by atoms with E-state index in [9.17, 15) is 14.7 Å². The Morgan fingerprint density at radius 2 is 0.788 bits per heavy atom. The molecule has 2 unspecified atom stereocenters. The van der Waals surface area contributed by atoms with Crippen molar-refractivity contribution in [1.29, 1.82) is 0 Å². The van der Waals surface area contributed by atoms with Gasteiger partial charge in [0.1, 0.15) is 0 Å². The van der Waals surface area contributed by atoms with Crippen LogP contribution in [0.25, 0.3) is 0 Å². The Labute approximate surface area is 412 Å². The Bertz CT molecular complexity index is 948. The summed E-state index contributed by atoms with van der Waals surface area (Å²) in [7, 11) is 0. The van der Waals surface area contributed by atoms with E-state index in [1.807, 2.05) is 0 Å². The molecular weight excluding hydrogens is 817 g/mol. The minimum absolute atomic E-state index is 0.00588. The van der Waals surface area contributed by atoms with Gasteiger partial charge in [-0.25, -0.2) is 0 Å². The van der Waals surface area contributed by atoms with E-state index in [0.717, 1.165) is 96.9 Å². The van der Waals surface area contributed by atoms with Crippen molar-refractivity contribution in [2.75, 3.05) is 45.9 Å². The van der Waals surface area contributed by atoms with Gasteiger partial charge in [-0.05, 0) is 102 Å². The molecule has 0 saturated heterocycles. The Kier molecular flexibility index (Phi) is 45.2. The van der Waals surface area contributed by atoms with Gasteiger partial charge in [0.25, 0.3) is 0 Å². The van der Waals surface area contributed by atoms with Gasteiger partial charge in [-0.1, -0.05) is 214 Å². The first-order valence-electron chi connectivity index (χ1n) is 29.8. The highest BCUT2D eigenvalue weighted by molar-refractivity contribution is 5.69. The molecule has 0 aromatic carbocycles. The molecule has 0 radical (unpaired) electrons. The molecule has 0 spiro atoms. The molecule has 0 aromatic rings. The average Bonchev–Trinajstić information content (AvgIpc) is 3.32. The van der Waals surface area contributed by atoms with Crippen molar-refractivity contribution >= 4 is 11.9 Å². The minimum Gasteiger partial charge on any atom is -0.465 e. The normalized spacial score (nSPS) is 15.5. The maximum absolute atomic E-state index is 13.0. The fourth-order valence-electron chi connectivity index (χ4n) is 10.5. The summed E-state index contributed by atoms with van der Waals surface area (Å²) >= 11 is 0. The molecule has 0 aliphatic heterocycles. The highest BCUT2D eigenvalue weighted by Gasteiger charge is 2.28. The molecule has 392 valence electrons. The molecule has 1 rings (SSSR count). The first-order chi connectivity index (χ1) is 32.4. The summed E-state index contributed by atoms with van der Waals surface area (Å²) in [6.07, 6.45) is 48.8. The Balaban J connectivity index is 2.61. The van der Waals surface area contributed by atoms with Crippen LogP contribution in [0.5, 0.6) is 0 Å². The van der Waals surface area contributed by atoms with E-state index in [-0.39, 0.29) is 24.1 Å². The quantitative estimate of drug-likeness (QED) is 0.0481. The summed E-state index contributed by atoms with van der Waals surface area (Å²) in [5, 5.41) is 10.9. The van der Waals surface area contributed by atoms with E-state index in [0.29, 0.717) is 37.9 Å². The van der Waals surface area contributed by atoms with E-state index >= 15 is 0 Å². The number of unbranched alkanes of at least 4 members (excludes halogenated alkanes) is 24. The monoisotopic (exact) mass is 933 g/mol. The summed E-state index contributed by atoms with van der Waals surface area (Å²) in [5.74, 6) is 1.01. The number of aliphatic hydroxyl groups excluding tert-OH is 1. The summed E-state index contributed by atoms with van der Waals surface area (Å²) < 4.78 is 11.9. The molecule has 0 amide bonds.